The summed E-state index contributed by atoms with van der Waals surface area (Å²) in [5, 5.41) is 0. The molecule has 0 bridgehead atoms. The largest absolute Gasteiger partial charge is 0.127 e. The normalized spacial score (nSPS) is 9.00. The molecule has 0 nitrogen and oxygen atoms in total. The van der Waals surface area contributed by atoms with E-state index in [1.165, 1.54) is 38.5 Å². The molecule has 0 unspecified atom stereocenters. The second kappa shape index (κ2) is 12.7. The molecule has 0 aromatic carbocycles. The van der Waals surface area contributed by atoms with Crippen LogP contribution in [0.3, 0.4) is 0 Å². The van der Waals surface area contributed by atoms with Gasteiger partial charge in [-0.05, 0) is 6.42 Å². The minimum Gasteiger partial charge on any atom is -0.127 e. The van der Waals surface area contributed by atoms with Gasteiger partial charge < -0.3 is 0 Å². The van der Waals surface area contributed by atoms with Gasteiger partial charge >= 0.3 is 0 Å². The second-order valence-corrected chi connectivity index (χ2v) is 2.83. The minimum atomic E-state index is 0. The maximum Gasteiger partial charge on any atom is 0.0223 e. The van der Waals surface area contributed by atoms with Crippen LogP contribution in [0.4, 0.5) is 0 Å². The Bertz CT molecular complexity index is 42.5. The first-order valence-electron chi connectivity index (χ1n) is 3.97. The maximum atomic E-state index is 5.51. The molecule has 0 heterocycles. The van der Waals surface area contributed by atoms with Gasteiger partial charge in [0.25, 0.3) is 0 Å². The molecule has 0 rings (SSSR count). The number of hydrogen-bond acceptors (Lipinski definition) is 0. The zero-order chi connectivity index (χ0) is 6.95. The molecule has 58 valence electrons. The average molecular weight is 173 g/mol. The van der Waals surface area contributed by atoms with Crippen molar-refractivity contribution in [2.45, 2.75) is 45.4 Å². The van der Waals surface area contributed by atoms with Crippen molar-refractivity contribution in [1.29, 1.82) is 0 Å². The van der Waals surface area contributed by atoms with E-state index in [9.17, 15) is 0 Å². The summed E-state index contributed by atoms with van der Waals surface area (Å²) in [6.45, 7) is 2.24. The van der Waals surface area contributed by atoms with Crippen LogP contribution in [-0.2, 0) is 0 Å². The van der Waals surface area contributed by atoms with Gasteiger partial charge in [-0.25, -0.2) is 0 Å². The highest BCUT2D eigenvalue weighted by molar-refractivity contribution is 6.17. The highest BCUT2D eigenvalue weighted by atomic mass is 35.5. The van der Waals surface area contributed by atoms with Gasteiger partial charge in [0.05, 0.1) is 0 Å². The lowest BCUT2D eigenvalue weighted by atomic mass is 10.1. The van der Waals surface area contributed by atoms with Crippen LogP contribution < -0.4 is 0 Å². The molecule has 0 aromatic heterocycles. The molecule has 0 aromatic rings. The molecule has 2 radical (unpaired) electrons. The van der Waals surface area contributed by atoms with Crippen LogP contribution in [0.5, 0.6) is 0 Å². The predicted molar refractivity (Wildman–Crippen MR) is 49.9 cm³/mol. The molecule has 10 heavy (non-hydrogen) atoms. The van der Waals surface area contributed by atoms with Gasteiger partial charge in [-0.1, -0.05) is 39.0 Å². The summed E-state index contributed by atoms with van der Waals surface area (Å²) in [5.41, 5.74) is 0. The first-order valence-corrected chi connectivity index (χ1v) is 4.51. The number of rotatable bonds is 6. The quantitative estimate of drug-likeness (QED) is 0.328. The molecular weight excluding hydrogens is 156 g/mol. The van der Waals surface area contributed by atoms with E-state index in [-0.39, 0.29) is 23.1 Å². The molecule has 0 N–H and O–H groups in total. The molecule has 0 aliphatic carbocycles. The molecular formula is C8H17ClMg. The van der Waals surface area contributed by atoms with Crippen LogP contribution in [0.15, 0.2) is 0 Å². The number of alkyl halides is 1. The highest BCUT2D eigenvalue weighted by Crippen LogP contribution is 2.04. The molecule has 0 amide bonds. The molecule has 0 aliphatic rings. The Morgan fingerprint density at radius 2 is 1.40 bits per heavy atom. The summed E-state index contributed by atoms with van der Waals surface area (Å²) in [6, 6.07) is 0. The van der Waals surface area contributed by atoms with Gasteiger partial charge in [-0.3, -0.25) is 0 Å². The fourth-order valence-electron chi connectivity index (χ4n) is 0.875. The predicted octanol–water partition coefficient (Wildman–Crippen LogP) is 3.20. The number of hydrogen-bond donors (Lipinski definition) is 0. The lowest BCUT2D eigenvalue weighted by Crippen LogP contribution is -1.78. The third-order valence-electron chi connectivity index (χ3n) is 1.49. The maximum absolute atomic E-state index is 5.51. The Morgan fingerprint density at radius 3 is 1.90 bits per heavy atom. The van der Waals surface area contributed by atoms with Crippen LogP contribution in [0.2, 0.25) is 0 Å². The molecule has 2 heteroatoms. The number of unbranched alkanes of at least 4 members (excludes halogenated alkanes) is 5. The van der Waals surface area contributed by atoms with Crippen LogP contribution in [0, 0.1) is 0 Å². The zero-order valence-corrected chi connectivity index (χ0v) is 9.20. The van der Waals surface area contributed by atoms with Gasteiger partial charge in [0.1, 0.15) is 0 Å². The Hall–Kier alpha value is 1.06. The van der Waals surface area contributed by atoms with Crippen molar-refractivity contribution in [2.24, 2.45) is 0 Å². The van der Waals surface area contributed by atoms with Crippen molar-refractivity contribution in [3.63, 3.8) is 0 Å². The zero-order valence-electron chi connectivity index (χ0n) is 7.03. The van der Waals surface area contributed by atoms with Gasteiger partial charge in [-0.15, -0.1) is 11.6 Å². The third kappa shape index (κ3) is 11.8. The van der Waals surface area contributed by atoms with Crippen LogP contribution in [0.25, 0.3) is 0 Å². The van der Waals surface area contributed by atoms with E-state index in [4.69, 9.17) is 11.6 Å². The molecule has 0 aliphatic heterocycles. The smallest absolute Gasteiger partial charge is 0.0223 e. The summed E-state index contributed by atoms with van der Waals surface area (Å²) < 4.78 is 0. The van der Waals surface area contributed by atoms with E-state index in [2.05, 4.69) is 6.92 Å². The van der Waals surface area contributed by atoms with Gasteiger partial charge in [0.2, 0.25) is 0 Å². The van der Waals surface area contributed by atoms with Gasteiger partial charge in [-0.2, -0.15) is 0 Å². The van der Waals surface area contributed by atoms with Crippen molar-refractivity contribution in [3.05, 3.63) is 0 Å². The molecule has 0 atom stereocenters. The second-order valence-electron chi connectivity index (χ2n) is 2.46. The summed E-state index contributed by atoms with van der Waals surface area (Å²) in [5.74, 6) is 0.839. The van der Waals surface area contributed by atoms with Crippen LogP contribution in [-0.4, -0.2) is 28.9 Å². The monoisotopic (exact) mass is 172 g/mol. The minimum absolute atomic E-state index is 0. The summed E-state index contributed by atoms with van der Waals surface area (Å²) in [6.07, 6.45) is 8.02. The molecule has 0 saturated carbocycles. The highest BCUT2D eigenvalue weighted by Gasteiger charge is 1.86. The van der Waals surface area contributed by atoms with Crippen molar-refractivity contribution >= 4 is 34.7 Å². The van der Waals surface area contributed by atoms with E-state index >= 15 is 0 Å². The van der Waals surface area contributed by atoms with Crippen LogP contribution >= 0.6 is 11.6 Å². The Balaban J connectivity index is 0. The Kier molecular flexibility index (Phi) is 17.3. The van der Waals surface area contributed by atoms with Crippen molar-refractivity contribution in [2.75, 3.05) is 5.88 Å². The molecule has 0 spiro atoms. The fraction of sp³-hybridized carbons (Fsp3) is 1.00. The topological polar surface area (TPSA) is 0 Å². The third-order valence-corrected chi connectivity index (χ3v) is 1.75. The van der Waals surface area contributed by atoms with E-state index < -0.39 is 0 Å². The first kappa shape index (κ1) is 13.6. The standard InChI is InChI=1S/C8H17Cl.Mg/c1-2-3-4-5-6-7-8-9;/h2-8H2,1H3;. The fourth-order valence-corrected chi connectivity index (χ4v) is 1.06. The SMILES string of the molecule is CCCCCCCCCl.[Mg]. The Morgan fingerprint density at radius 1 is 0.900 bits per heavy atom. The van der Waals surface area contributed by atoms with Crippen molar-refractivity contribution < 1.29 is 0 Å². The molecule has 0 fully saturated rings. The van der Waals surface area contributed by atoms with E-state index in [1.807, 2.05) is 0 Å². The van der Waals surface area contributed by atoms with Gasteiger partial charge in [0, 0.05) is 28.9 Å². The summed E-state index contributed by atoms with van der Waals surface area (Å²) >= 11 is 5.51. The lowest BCUT2D eigenvalue weighted by molar-refractivity contribution is 0.626. The van der Waals surface area contributed by atoms with Crippen LogP contribution in [0.1, 0.15) is 45.4 Å². The van der Waals surface area contributed by atoms with E-state index in [0.717, 1.165) is 5.88 Å². The average Bonchev–Trinajstić information content (AvgIpc) is 1.89. The van der Waals surface area contributed by atoms with E-state index in [0.29, 0.717) is 0 Å². The van der Waals surface area contributed by atoms with Crippen molar-refractivity contribution in [3.8, 4) is 0 Å². The molecule has 0 saturated heterocycles. The Labute approximate surface area is 85.9 Å². The first-order chi connectivity index (χ1) is 4.41. The van der Waals surface area contributed by atoms with E-state index in [1.54, 1.807) is 0 Å². The van der Waals surface area contributed by atoms with Crippen molar-refractivity contribution in [1.82, 2.24) is 0 Å². The summed E-state index contributed by atoms with van der Waals surface area (Å²) in [7, 11) is 0. The lowest BCUT2D eigenvalue weighted by Gasteiger charge is -1.95. The number of halogens is 1. The summed E-state index contributed by atoms with van der Waals surface area (Å²) in [4.78, 5) is 0. The van der Waals surface area contributed by atoms with Gasteiger partial charge in [0.15, 0.2) is 0 Å².